The lowest BCUT2D eigenvalue weighted by atomic mass is 9.76. The van der Waals surface area contributed by atoms with Crippen LogP contribution in [0.4, 0.5) is 0 Å². The second kappa shape index (κ2) is 6.71. The molecule has 1 heterocycles. The van der Waals surface area contributed by atoms with Gasteiger partial charge in [-0.15, -0.1) is 0 Å². The molecule has 0 spiro atoms. The number of hydrogen-bond acceptors (Lipinski definition) is 2. The fourth-order valence-electron chi connectivity index (χ4n) is 2.93. The van der Waals surface area contributed by atoms with E-state index in [1.54, 1.807) is 0 Å². The largest absolute Gasteiger partial charge is 0.337 e. The Morgan fingerprint density at radius 3 is 2.75 bits per heavy atom. The number of imidazole rings is 1. The highest BCUT2D eigenvalue weighted by atomic mass is 15.0. The van der Waals surface area contributed by atoms with Crippen molar-refractivity contribution >= 4 is 0 Å². The summed E-state index contributed by atoms with van der Waals surface area (Å²) in [4.78, 5) is 4.06. The van der Waals surface area contributed by atoms with Crippen molar-refractivity contribution in [2.24, 2.45) is 0 Å². The average molecular weight is 269 g/mol. The molecule has 3 heteroatoms. The molecular formula is C17H23N3. The van der Waals surface area contributed by atoms with Crippen LogP contribution in [0.25, 0.3) is 0 Å². The van der Waals surface area contributed by atoms with Crippen LogP contribution in [0.5, 0.6) is 0 Å². The van der Waals surface area contributed by atoms with Crippen LogP contribution in [0.3, 0.4) is 0 Å². The summed E-state index contributed by atoms with van der Waals surface area (Å²) in [6.45, 7) is 2.22. The molecule has 0 saturated heterocycles. The first-order valence-corrected chi connectivity index (χ1v) is 7.66. The Bertz CT molecular complexity index is 486. The van der Waals surface area contributed by atoms with E-state index in [1.807, 2.05) is 18.7 Å². The molecule has 20 heavy (non-hydrogen) atoms. The molecule has 1 aromatic carbocycles. The van der Waals surface area contributed by atoms with Gasteiger partial charge in [-0.3, -0.25) is 0 Å². The zero-order valence-corrected chi connectivity index (χ0v) is 11.9. The minimum absolute atomic E-state index is 0.730. The first-order valence-electron chi connectivity index (χ1n) is 7.66. The minimum atomic E-state index is 0.730. The number of benzene rings is 1. The molecule has 1 aliphatic carbocycles. The Morgan fingerprint density at radius 2 is 2.00 bits per heavy atom. The summed E-state index contributed by atoms with van der Waals surface area (Å²) in [7, 11) is 0. The summed E-state index contributed by atoms with van der Waals surface area (Å²) in [5.41, 5.74) is 1.51. The quantitative estimate of drug-likeness (QED) is 0.782. The van der Waals surface area contributed by atoms with Crippen molar-refractivity contribution in [3.63, 3.8) is 0 Å². The Kier molecular flexibility index (Phi) is 4.49. The summed E-state index contributed by atoms with van der Waals surface area (Å²) in [6, 6.07) is 11.6. The van der Waals surface area contributed by atoms with Crippen LogP contribution in [0.2, 0.25) is 0 Å². The van der Waals surface area contributed by atoms with Crippen molar-refractivity contribution in [3.05, 3.63) is 54.6 Å². The van der Waals surface area contributed by atoms with Crippen LogP contribution in [0, 0.1) is 0 Å². The predicted octanol–water partition coefficient (Wildman–Crippen LogP) is 3.20. The van der Waals surface area contributed by atoms with Crippen molar-refractivity contribution in [2.75, 3.05) is 6.54 Å². The summed E-state index contributed by atoms with van der Waals surface area (Å²) in [6.07, 6.45) is 10.8. The van der Waals surface area contributed by atoms with E-state index in [4.69, 9.17) is 0 Å². The van der Waals surface area contributed by atoms with Gasteiger partial charge in [0.15, 0.2) is 0 Å². The van der Waals surface area contributed by atoms with E-state index in [9.17, 15) is 0 Å². The minimum Gasteiger partial charge on any atom is -0.337 e. The maximum atomic E-state index is 4.06. The van der Waals surface area contributed by atoms with E-state index in [1.165, 1.54) is 31.2 Å². The molecule has 2 aromatic rings. The van der Waals surface area contributed by atoms with Crippen molar-refractivity contribution in [2.45, 2.75) is 44.2 Å². The number of unbranched alkanes of at least 4 members (excludes halogenated alkanes) is 1. The molecule has 0 radical (unpaired) electrons. The zero-order valence-electron chi connectivity index (χ0n) is 11.9. The smallest absolute Gasteiger partial charge is 0.0945 e. The van der Waals surface area contributed by atoms with Gasteiger partial charge >= 0.3 is 0 Å². The monoisotopic (exact) mass is 269 g/mol. The Balaban J connectivity index is 1.26. The highest BCUT2D eigenvalue weighted by Gasteiger charge is 2.29. The van der Waals surface area contributed by atoms with E-state index < -0.39 is 0 Å². The molecular weight excluding hydrogens is 246 g/mol. The van der Waals surface area contributed by atoms with E-state index in [-0.39, 0.29) is 0 Å². The molecule has 1 saturated carbocycles. The molecule has 106 valence electrons. The van der Waals surface area contributed by atoms with Crippen LogP contribution in [0.15, 0.2) is 49.1 Å². The maximum absolute atomic E-state index is 4.06. The fourth-order valence-corrected chi connectivity index (χ4v) is 2.93. The molecule has 0 amide bonds. The predicted molar refractivity (Wildman–Crippen MR) is 81.7 cm³/mol. The van der Waals surface area contributed by atoms with Gasteiger partial charge in [-0.1, -0.05) is 30.3 Å². The van der Waals surface area contributed by atoms with Crippen molar-refractivity contribution in [3.8, 4) is 0 Å². The lowest BCUT2D eigenvalue weighted by Crippen LogP contribution is -2.40. The molecule has 3 rings (SSSR count). The van der Waals surface area contributed by atoms with E-state index >= 15 is 0 Å². The zero-order chi connectivity index (χ0) is 13.6. The fraction of sp³-hybridized carbons (Fsp3) is 0.471. The second-order valence-corrected chi connectivity index (χ2v) is 5.74. The normalized spacial score (nSPS) is 21.6. The third-order valence-corrected chi connectivity index (χ3v) is 4.24. The number of aromatic nitrogens is 2. The topological polar surface area (TPSA) is 29.9 Å². The molecule has 0 unspecified atom stereocenters. The molecule has 1 N–H and O–H groups in total. The molecule has 1 aromatic heterocycles. The highest BCUT2D eigenvalue weighted by Crippen LogP contribution is 2.36. The van der Waals surface area contributed by atoms with Crippen LogP contribution in [-0.4, -0.2) is 22.1 Å². The number of rotatable bonds is 7. The Hall–Kier alpha value is -1.61. The van der Waals surface area contributed by atoms with Gasteiger partial charge in [-0.25, -0.2) is 4.98 Å². The average Bonchev–Trinajstić information content (AvgIpc) is 2.94. The van der Waals surface area contributed by atoms with E-state index in [0.29, 0.717) is 0 Å². The summed E-state index contributed by atoms with van der Waals surface area (Å²) < 4.78 is 2.15. The Morgan fingerprint density at radius 1 is 1.15 bits per heavy atom. The third kappa shape index (κ3) is 3.48. The van der Waals surface area contributed by atoms with Gasteiger partial charge in [-0.05, 0) is 43.7 Å². The SMILES string of the molecule is c1ccc(C2CC(NCCCCn3ccnc3)C2)cc1. The van der Waals surface area contributed by atoms with Crippen molar-refractivity contribution in [1.29, 1.82) is 0 Å². The number of aryl methyl sites for hydroxylation is 1. The van der Waals surface area contributed by atoms with Crippen LogP contribution in [0.1, 0.15) is 37.2 Å². The van der Waals surface area contributed by atoms with E-state index in [0.717, 1.165) is 25.0 Å². The molecule has 0 aliphatic heterocycles. The number of nitrogens with zero attached hydrogens (tertiary/aromatic N) is 2. The number of nitrogens with one attached hydrogen (secondary N) is 1. The van der Waals surface area contributed by atoms with Gasteiger partial charge in [0.25, 0.3) is 0 Å². The standard InChI is InChI=1S/C17H23N3/c1-2-6-15(7-3-1)16-12-17(13-16)19-8-4-5-10-20-11-9-18-14-20/h1-3,6-7,9,11,14,16-17,19H,4-5,8,10,12-13H2. The van der Waals surface area contributed by atoms with Gasteiger partial charge in [0.1, 0.15) is 0 Å². The molecule has 1 fully saturated rings. The second-order valence-electron chi connectivity index (χ2n) is 5.74. The summed E-state index contributed by atoms with van der Waals surface area (Å²) in [5, 5.41) is 3.67. The molecule has 1 aliphatic rings. The first-order chi connectivity index (χ1) is 9.92. The summed E-state index contributed by atoms with van der Waals surface area (Å²) in [5.74, 6) is 0.777. The van der Waals surface area contributed by atoms with Crippen LogP contribution in [-0.2, 0) is 6.54 Å². The first kappa shape index (κ1) is 13.4. The molecule has 0 atom stereocenters. The number of hydrogen-bond donors (Lipinski definition) is 1. The van der Waals surface area contributed by atoms with Crippen molar-refractivity contribution < 1.29 is 0 Å². The third-order valence-electron chi connectivity index (χ3n) is 4.24. The van der Waals surface area contributed by atoms with Crippen LogP contribution >= 0.6 is 0 Å². The lowest BCUT2D eigenvalue weighted by molar-refractivity contribution is 0.289. The Labute approximate surface area is 121 Å². The van der Waals surface area contributed by atoms with E-state index in [2.05, 4.69) is 45.2 Å². The van der Waals surface area contributed by atoms with Gasteiger partial charge in [0, 0.05) is 25.0 Å². The van der Waals surface area contributed by atoms with Gasteiger partial charge in [-0.2, -0.15) is 0 Å². The highest BCUT2D eigenvalue weighted by molar-refractivity contribution is 5.22. The molecule has 3 nitrogen and oxygen atoms in total. The summed E-state index contributed by atoms with van der Waals surface area (Å²) >= 11 is 0. The lowest BCUT2D eigenvalue weighted by Gasteiger charge is -2.36. The van der Waals surface area contributed by atoms with Gasteiger partial charge in [0.2, 0.25) is 0 Å². The van der Waals surface area contributed by atoms with Crippen LogP contribution < -0.4 is 5.32 Å². The van der Waals surface area contributed by atoms with Gasteiger partial charge in [0.05, 0.1) is 6.33 Å². The van der Waals surface area contributed by atoms with Gasteiger partial charge < -0.3 is 9.88 Å². The van der Waals surface area contributed by atoms with Crippen molar-refractivity contribution in [1.82, 2.24) is 14.9 Å². The molecule has 0 bridgehead atoms. The maximum Gasteiger partial charge on any atom is 0.0945 e.